The number of nitrogens with one attached hydrogen (secondary N) is 1. The van der Waals surface area contributed by atoms with Crippen molar-refractivity contribution >= 4 is 29.0 Å². The number of aliphatic hydroxyl groups is 2. The summed E-state index contributed by atoms with van der Waals surface area (Å²) < 4.78 is 0. The molecule has 1 aromatic heterocycles. The average molecular weight is 371 g/mol. The zero-order chi connectivity index (χ0) is 17.2. The summed E-state index contributed by atoms with van der Waals surface area (Å²) >= 11 is 0. The van der Waals surface area contributed by atoms with Gasteiger partial charge in [-0.1, -0.05) is 30.3 Å². The van der Waals surface area contributed by atoms with E-state index in [2.05, 4.69) is 23.5 Å². The van der Waals surface area contributed by atoms with Gasteiger partial charge in [-0.15, -0.1) is 12.4 Å². The minimum absolute atomic E-state index is 0. The van der Waals surface area contributed by atoms with Gasteiger partial charge in [0.1, 0.15) is 0 Å². The van der Waals surface area contributed by atoms with Gasteiger partial charge >= 0.3 is 0 Å². The van der Waals surface area contributed by atoms with Crippen molar-refractivity contribution in [3.05, 3.63) is 59.7 Å². The second-order valence-electron chi connectivity index (χ2n) is 6.63. The summed E-state index contributed by atoms with van der Waals surface area (Å²) in [6, 6.07) is 16.6. The minimum atomic E-state index is -0.782. The molecule has 0 saturated heterocycles. The average Bonchev–Trinajstić information content (AvgIpc) is 3.13. The number of aryl methyl sites for hydroxylation is 2. The molecule has 26 heavy (non-hydrogen) atoms. The lowest BCUT2D eigenvalue weighted by Gasteiger charge is -2.14. The molecular weight excluding hydrogens is 348 g/mol. The zero-order valence-corrected chi connectivity index (χ0v) is 15.3. The van der Waals surface area contributed by atoms with Crippen molar-refractivity contribution in [3.63, 3.8) is 0 Å². The van der Waals surface area contributed by atoms with Gasteiger partial charge in [0.15, 0.2) is 0 Å². The molecule has 3 aromatic rings. The first-order chi connectivity index (χ1) is 12.2. The molecule has 0 aliphatic heterocycles. The summed E-state index contributed by atoms with van der Waals surface area (Å²) in [5.74, 6) is 0. The molecule has 136 valence electrons. The fourth-order valence-electron chi connectivity index (χ4n) is 3.49. The summed E-state index contributed by atoms with van der Waals surface area (Å²) in [6.07, 6.45) is 2.77. The lowest BCUT2D eigenvalue weighted by Crippen LogP contribution is -2.23. The third-order valence-corrected chi connectivity index (χ3v) is 4.85. The van der Waals surface area contributed by atoms with Gasteiger partial charge in [0, 0.05) is 23.2 Å². The van der Waals surface area contributed by atoms with E-state index in [4.69, 9.17) is 10.1 Å². The molecule has 4 rings (SSSR count). The minimum Gasteiger partial charge on any atom is -0.394 e. The van der Waals surface area contributed by atoms with Crippen LogP contribution in [0.15, 0.2) is 48.5 Å². The smallest absolute Gasteiger partial charge is 0.0942 e. The van der Waals surface area contributed by atoms with Crippen LogP contribution in [-0.4, -0.2) is 34.5 Å². The molecule has 2 aromatic carbocycles. The molecule has 1 aliphatic carbocycles. The molecule has 0 saturated carbocycles. The maximum absolute atomic E-state index is 9.66. The Labute approximate surface area is 159 Å². The summed E-state index contributed by atoms with van der Waals surface area (Å²) in [4.78, 5) is 4.83. The zero-order valence-electron chi connectivity index (χ0n) is 14.5. The van der Waals surface area contributed by atoms with Crippen LogP contribution in [0.3, 0.4) is 0 Å². The maximum Gasteiger partial charge on any atom is 0.0942 e. The van der Waals surface area contributed by atoms with E-state index in [9.17, 15) is 5.11 Å². The molecule has 0 amide bonds. The molecule has 1 aliphatic rings. The van der Waals surface area contributed by atoms with Crippen LogP contribution < -0.4 is 5.32 Å². The van der Waals surface area contributed by atoms with E-state index in [0.29, 0.717) is 6.54 Å². The normalized spacial score (nSPS) is 13.9. The molecule has 1 heterocycles. The predicted molar refractivity (Wildman–Crippen MR) is 108 cm³/mol. The highest BCUT2D eigenvalue weighted by Gasteiger charge is 2.13. The monoisotopic (exact) mass is 370 g/mol. The Bertz CT molecular complexity index is 914. The number of aliphatic hydroxyl groups excluding tert-OH is 2. The first-order valence-corrected chi connectivity index (χ1v) is 8.79. The van der Waals surface area contributed by atoms with Crippen LogP contribution in [0.25, 0.3) is 22.2 Å². The van der Waals surface area contributed by atoms with E-state index in [1.54, 1.807) is 0 Å². The standard InChI is InChI=1S/C21H22N2O2.ClH/c24-13-17(25)12-22-21-11-20(23-19-7-2-1-6-18(19)21)16-9-8-14-4-3-5-15(14)10-16;/h1-2,6-11,17,24-25H,3-5,12-13H2,(H,22,23);1H/t17-;/m0./s1. The van der Waals surface area contributed by atoms with Gasteiger partial charge in [0.2, 0.25) is 0 Å². The molecule has 0 bridgehead atoms. The van der Waals surface area contributed by atoms with E-state index in [-0.39, 0.29) is 19.0 Å². The molecule has 0 fully saturated rings. The number of hydrogen-bond donors (Lipinski definition) is 3. The molecule has 3 N–H and O–H groups in total. The van der Waals surface area contributed by atoms with Crippen LogP contribution in [0.2, 0.25) is 0 Å². The van der Waals surface area contributed by atoms with Crippen LogP contribution in [0.1, 0.15) is 17.5 Å². The van der Waals surface area contributed by atoms with E-state index in [1.807, 2.05) is 30.3 Å². The number of fused-ring (bicyclic) bond motifs is 2. The van der Waals surface area contributed by atoms with Crippen molar-refractivity contribution in [1.82, 2.24) is 4.98 Å². The number of nitrogens with zero attached hydrogens (tertiary/aromatic N) is 1. The first-order valence-electron chi connectivity index (χ1n) is 8.79. The topological polar surface area (TPSA) is 65.4 Å². The second-order valence-corrected chi connectivity index (χ2v) is 6.63. The quantitative estimate of drug-likeness (QED) is 0.642. The van der Waals surface area contributed by atoms with Crippen molar-refractivity contribution in [2.24, 2.45) is 0 Å². The van der Waals surface area contributed by atoms with E-state index in [1.165, 1.54) is 24.0 Å². The summed E-state index contributed by atoms with van der Waals surface area (Å²) in [6.45, 7) is 0.0435. The SMILES string of the molecule is Cl.OC[C@@H](O)CNc1cc(-c2ccc3c(c2)CCC3)nc2ccccc12. The van der Waals surface area contributed by atoms with Gasteiger partial charge in [-0.25, -0.2) is 4.98 Å². The maximum atomic E-state index is 9.66. The van der Waals surface area contributed by atoms with Gasteiger partial charge < -0.3 is 15.5 Å². The van der Waals surface area contributed by atoms with Crippen molar-refractivity contribution in [2.75, 3.05) is 18.5 Å². The Hall–Kier alpha value is -2.14. The van der Waals surface area contributed by atoms with Gasteiger partial charge in [0.05, 0.1) is 23.9 Å². The lowest BCUT2D eigenvalue weighted by molar-refractivity contribution is 0.105. The largest absolute Gasteiger partial charge is 0.394 e. The van der Waals surface area contributed by atoms with E-state index < -0.39 is 6.10 Å². The Morgan fingerprint density at radius 1 is 1.04 bits per heavy atom. The molecule has 0 unspecified atom stereocenters. The van der Waals surface area contributed by atoms with Crippen molar-refractivity contribution in [2.45, 2.75) is 25.4 Å². The number of rotatable bonds is 5. The third-order valence-electron chi connectivity index (χ3n) is 4.85. The third kappa shape index (κ3) is 3.68. The number of halogens is 1. The van der Waals surface area contributed by atoms with Crippen molar-refractivity contribution in [1.29, 1.82) is 0 Å². The highest BCUT2D eigenvalue weighted by atomic mass is 35.5. The fourth-order valence-corrected chi connectivity index (χ4v) is 3.49. The summed E-state index contributed by atoms with van der Waals surface area (Å²) in [7, 11) is 0. The van der Waals surface area contributed by atoms with E-state index >= 15 is 0 Å². The number of benzene rings is 2. The van der Waals surface area contributed by atoms with Gasteiger partial charge in [-0.2, -0.15) is 0 Å². The number of anilines is 1. The van der Waals surface area contributed by atoms with Crippen LogP contribution in [0.5, 0.6) is 0 Å². The molecule has 0 spiro atoms. The molecule has 4 nitrogen and oxygen atoms in total. The predicted octanol–water partition coefficient (Wildman–Crippen LogP) is 3.58. The van der Waals surface area contributed by atoms with Crippen molar-refractivity contribution in [3.8, 4) is 11.3 Å². The van der Waals surface area contributed by atoms with E-state index in [0.717, 1.165) is 34.3 Å². The number of aromatic nitrogens is 1. The Balaban J connectivity index is 0.00000196. The second kappa shape index (κ2) is 8.04. The number of para-hydroxylation sites is 1. The van der Waals surface area contributed by atoms with Crippen LogP contribution in [-0.2, 0) is 12.8 Å². The highest BCUT2D eigenvalue weighted by molar-refractivity contribution is 5.93. The van der Waals surface area contributed by atoms with Gasteiger partial charge in [-0.05, 0) is 48.6 Å². The van der Waals surface area contributed by atoms with Gasteiger partial charge in [0.25, 0.3) is 0 Å². The summed E-state index contributed by atoms with van der Waals surface area (Å²) in [5, 5.41) is 23.0. The Kier molecular flexibility index (Phi) is 5.77. The first kappa shape index (κ1) is 18.6. The molecule has 5 heteroatoms. The fraction of sp³-hybridized carbons (Fsp3) is 0.286. The van der Waals surface area contributed by atoms with Crippen molar-refractivity contribution < 1.29 is 10.2 Å². The van der Waals surface area contributed by atoms with Crippen LogP contribution >= 0.6 is 12.4 Å². The molecular formula is C21H23ClN2O2. The number of pyridine rings is 1. The highest BCUT2D eigenvalue weighted by Crippen LogP contribution is 2.31. The van der Waals surface area contributed by atoms with Crippen LogP contribution in [0, 0.1) is 0 Å². The van der Waals surface area contributed by atoms with Gasteiger partial charge in [-0.3, -0.25) is 0 Å². The summed E-state index contributed by atoms with van der Waals surface area (Å²) in [5.41, 5.74) is 6.77. The lowest BCUT2D eigenvalue weighted by atomic mass is 10.0. The number of hydrogen-bond acceptors (Lipinski definition) is 4. The van der Waals surface area contributed by atoms with Crippen LogP contribution in [0.4, 0.5) is 5.69 Å². The molecule has 1 atom stereocenters. The Morgan fingerprint density at radius 2 is 1.85 bits per heavy atom. The Morgan fingerprint density at radius 3 is 2.69 bits per heavy atom. The molecule has 0 radical (unpaired) electrons.